The van der Waals surface area contributed by atoms with Gasteiger partial charge in [0.15, 0.2) is 23.9 Å². The number of methoxy groups -OCH3 is 3. The standard InChI is InChI=1S/C22H25NO7/c1-14(24)17(10-15-8-6-5-7-9-15)23-20(25)13-30-22(26)16-11-18(27-2)21(29-4)19(12-16)28-3/h5-9,11-12,17H,10,13H2,1-4H3,(H,23,25)/t17-/m0/s1. The summed E-state index contributed by atoms with van der Waals surface area (Å²) in [5.41, 5.74) is 1.04. The second-order valence-electron chi connectivity index (χ2n) is 6.41. The van der Waals surface area contributed by atoms with Crippen LogP contribution < -0.4 is 19.5 Å². The second-order valence-corrected chi connectivity index (χ2v) is 6.41. The fraction of sp³-hybridized carbons (Fsp3) is 0.318. The summed E-state index contributed by atoms with van der Waals surface area (Å²) in [5, 5.41) is 2.60. The van der Waals surface area contributed by atoms with Gasteiger partial charge in [0.05, 0.1) is 32.9 Å². The van der Waals surface area contributed by atoms with E-state index in [-0.39, 0.29) is 22.8 Å². The molecule has 1 atom stereocenters. The normalized spacial score (nSPS) is 11.2. The molecule has 160 valence electrons. The van der Waals surface area contributed by atoms with Crippen LogP contribution in [0.1, 0.15) is 22.8 Å². The third-order valence-electron chi connectivity index (χ3n) is 4.34. The number of Topliss-reactive ketones (excluding diaryl/α,β-unsaturated/α-hetero) is 1. The molecule has 0 aliphatic heterocycles. The van der Waals surface area contributed by atoms with Crippen LogP contribution in [0.5, 0.6) is 17.2 Å². The lowest BCUT2D eigenvalue weighted by atomic mass is 10.0. The van der Waals surface area contributed by atoms with Gasteiger partial charge < -0.3 is 24.3 Å². The summed E-state index contributed by atoms with van der Waals surface area (Å²) < 4.78 is 20.7. The van der Waals surface area contributed by atoms with Crippen LogP contribution in [0.15, 0.2) is 42.5 Å². The maximum absolute atomic E-state index is 12.4. The average Bonchev–Trinajstić information content (AvgIpc) is 2.76. The Kier molecular flexibility index (Phi) is 8.22. The molecule has 0 bridgehead atoms. The van der Waals surface area contributed by atoms with Gasteiger partial charge in [-0.15, -0.1) is 0 Å². The first-order valence-corrected chi connectivity index (χ1v) is 9.20. The lowest BCUT2D eigenvalue weighted by Crippen LogP contribution is -2.43. The summed E-state index contributed by atoms with van der Waals surface area (Å²) in [6, 6.07) is 11.5. The van der Waals surface area contributed by atoms with E-state index < -0.39 is 24.5 Å². The fourth-order valence-electron chi connectivity index (χ4n) is 2.80. The van der Waals surface area contributed by atoms with E-state index in [9.17, 15) is 14.4 Å². The van der Waals surface area contributed by atoms with E-state index in [1.165, 1.54) is 40.4 Å². The number of rotatable bonds is 10. The van der Waals surface area contributed by atoms with Gasteiger partial charge in [0, 0.05) is 0 Å². The minimum absolute atomic E-state index is 0.129. The Balaban J connectivity index is 2.01. The first kappa shape index (κ1) is 22.7. The Morgan fingerprint density at radius 2 is 1.53 bits per heavy atom. The highest BCUT2D eigenvalue weighted by atomic mass is 16.5. The molecular weight excluding hydrogens is 390 g/mol. The van der Waals surface area contributed by atoms with Crippen molar-refractivity contribution in [2.24, 2.45) is 0 Å². The highest BCUT2D eigenvalue weighted by Gasteiger charge is 2.21. The Morgan fingerprint density at radius 3 is 2.03 bits per heavy atom. The molecule has 0 heterocycles. The van der Waals surface area contributed by atoms with Gasteiger partial charge in [-0.1, -0.05) is 30.3 Å². The molecule has 0 aliphatic carbocycles. The molecule has 0 radical (unpaired) electrons. The van der Waals surface area contributed by atoms with E-state index in [0.29, 0.717) is 12.2 Å². The van der Waals surface area contributed by atoms with Crippen LogP contribution in [0.4, 0.5) is 0 Å². The highest BCUT2D eigenvalue weighted by Crippen LogP contribution is 2.38. The smallest absolute Gasteiger partial charge is 0.338 e. The van der Waals surface area contributed by atoms with Gasteiger partial charge in [-0.25, -0.2) is 4.79 Å². The van der Waals surface area contributed by atoms with Gasteiger partial charge in [0.25, 0.3) is 5.91 Å². The van der Waals surface area contributed by atoms with E-state index >= 15 is 0 Å². The average molecular weight is 415 g/mol. The first-order valence-electron chi connectivity index (χ1n) is 9.20. The number of nitrogens with one attached hydrogen (secondary N) is 1. The van der Waals surface area contributed by atoms with Crippen LogP contribution in [-0.4, -0.2) is 51.6 Å². The number of ketones is 1. The molecule has 0 saturated carbocycles. The summed E-state index contributed by atoms with van der Waals surface area (Å²) in [4.78, 5) is 36.5. The maximum atomic E-state index is 12.4. The van der Waals surface area contributed by atoms with Crippen molar-refractivity contribution in [1.29, 1.82) is 0 Å². The van der Waals surface area contributed by atoms with Crippen molar-refractivity contribution in [2.45, 2.75) is 19.4 Å². The molecule has 0 spiro atoms. The van der Waals surface area contributed by atoms with Crippen molar-refractivity contribution in [3.63, 3.8) is 0 Å². The molecule has 0 saturated heterocycles. The Bertz CT molecular complexity index is 871. The van der Waals surface area contributed by atoms with Gasteiger partial charge >= 0.3 is 5.97 Å². The van der Waals surface area contributed by atoms with E-state index in [2.05, 4.69) is 5.32 Å². The second kappa shape index (κ2) is 10.8. The monoisotopic (exact) mass is 415 g/mol. The molecular formula is C22H25NO7. The number of carbonyl (C=O) groups excluding carboxylic acids is 3. The minimum Gasteiger partial charge on any atom is -0.493 e. The molecule has 0 aliphatic rings. The van der Waals surface area contributed by atoms with Crippen LogP contribution >= 0.6 is 0 Å². The van der Waals surface area contributed by atoms with Crippen molar-refractivity contribution in [1.82, 2.24) is 5.32 Å². The zero-order valence-electron chi connectivity index (χ0n) is 17.4. The van der Waals surface area contributed by atoms with Crippen molar-refractivity contribution in [2.75, 3.05) is 27.9 Å². The van der Waals surface area contributed by atoms with E-state index in [1.807, 2.05) is 30.3 Å². The predicted molar refractivity (Wildman–Crippen MR) is 109 cm³/mol. The van der Waals surface area contributed by atoms with Crippen molar-refractivity contribution in [3.8, 4) is 17.2 Å². The van der Waals surface area contributed by atoms with Crippen LogP contribution in [0, 0.1) is 0 Å². The maximum Gasteiger partial charge on any atom is 0.338 e. The summed E-state index contributed by atoms with van der Waals surface area (Å²) >= 11 is 0. The Hall–Kier alpha value is -3.55. The quantitative estimate of drug-likeness (QED) is 0.594. The zero-order valence-corrected chi connectivity index (χ0v) is 17.4. The fourth-order valence-corrected chi connectivity index (χ4v) is 2.80. The molecule has 2 aromatic carbocycles. The number of benzene rings is 2. The Morgan fingerprint density at radius 1 is 0.933 bits per heavy atom. The first-order chi connectivity index (χ1) is 14.4. The molecule has 30 heavy (non-hydrogen) atoms. The van der Waals surface area contributed by atoms with E-state index in [0.717, 1.165) is 5.56 Å². The molecule has 8 nitrogen and oxygen atoms in total. The third kappa shape index (κ3) is 5.97. The van der Waals surface area contributed by atoms with Crippen LogP contribution in [-0.2, 0) is 20.7 Å². The van der Waals surface area contributed by atoms with Crippen molar-refractivity contribution >= 4 is 17.7 Å². The van der Waals surface area contributed by atoms with Crippen molar-refractivity contribution < 1.29 is 33.3 Å². The van der Waals surface area contributed by atoms with Gasteiger partial charge in [-0.2, -0.15) is 0 Å². The summed E-state index contributed by atoms with van der Waals surface area (Å²) in [5.74, 6) is -0.609. The van der Waals surface area contributed by atoms with Gasteiger partial charge in [-0.3, -0.25) is 9.59 Å². The molecule has 0 fully saturated rings. The van der Waals surface area contributed by atoms with Gasteiger partial charge in [-0.05, 0) is 31.0 Å². The molecule has 8 heteroatoms. The number of carbonyl (C=O) groups is 3. The number of ether oxygens (including phenoxy) is 4. The lowest BCUT2D eigenvalue weighted by molar-refractivity contribution is -0.128. The Labute approximate surface area is 175 Å². The minimum atomic E-state index is -0.744. The summed E-state index contributed by atoms with van der Waals surface area (Å²) in [6.07, 6.45) is 0.350. The molecule has 1 N–H and O–H groups in total. The highest BCUT2D eigenvalue weighted by molar-refractivity contribution is 5.93. The molecule has 0 unspecified atom stereocenters. The van der Waals surface area contributed by atoms with Crippen LogP contribution in [0.2, 0.25) is 0 Å². The van der Waals surface area contributed by atoms with Gasteiger partial charge in [0.1, 0.15) is 0 Å². The molecule has 1 amide bonds. The SMILES string of the molecule is COc1cc(C(=O)OCC(=O)N[C@@H](Cc2ccccc2)C(C)=O)cc(OC)c1OC. The topological polar surface area (TPSA) is 100 Å². The number of esters is 1. The third-order valence-corrected chi connectivity index (χ3v) is 4.34. The van der Waals surface area contributed by atoms with E-state index in [4.69, 9.17) is 18.9 Å². The van der Waals surface area contributed by atoms with Crippen LogP contribution in [0.3, 0.4) is 0 Å². The molecule has 0 aromatic heterocycles. The predicted octanol–water partition coefficient (Wildman–Crippen LogP) is 2.19. The summed E-state index contributed by atoms with van der Waals surface area (Å²) in [6.45, 7) is 0.865. The van der Waals surface area contributed by atoms with Crippen LogP contribution in [0.25, 0.3) is 0 Å². The zero-order chi connectivity index (χ0) is 22.1. The number of hydrogen-bond acceptors (Lipinski definition) is 7. The largest absolute Gasteiger partial charge is 0.493 e. The summed E-state index contributed by atoms with van der Waals surface area (Å²) in [7, 11) is 4.30. The van der Waals surface area contributed by atoms with Gasteiger partial charge in [0.2, 0.25) is 5.75 Å². The molecule has 2 rings (SSSR count). The number of amides is 1. The van der Waals surface area contributed by atoms with E-state index in [1.54, 1.807) is 0 Å². The number of hydrogen-bond donors (Lipinski definition) is 1. The van der Waals surface area contributed by atoms with Crippen molar-refractivity contribution in [3.05, 3.63) is 53.6 Å². The lowest BCUT2D eigenvalue weighted by Gasteiger charge is -2.16. The molecule has 2 aromatic rings.